The van der Waals surface area contributed by atoms with Gasteiger partial charge in [0.05, 0.1) is 24.6 Å². The van der Waals surface area contributed by atoms with Crippen molar-refractivity contribution in [3.05, 3.63) is 52.7 Å². The third kappa shape index (κ3) is 4.50. The molecule has 1 saturated heterocycles. The van der Waals surface area contributed by atoms with Gasteiger partial charge >= 0.3 is 0 Å². The number of carbonyl (C=O) groups is 2. The zero-order chi connectivity index (χ0) is 16.8. The van der Waals surface area contributed by atoms with Gasteiger partial charge in [-0.1, -0.05) is 24.3 Å². The van der Waals surface area contributed by atoms with Crippen LogP contribution in [0.1, 0.15) is 16.1 Å². The number of amides is 1. The molecule has 0 aliphatic carbocycles. The normalized spacial score (nSPS) is 18.2. The zero-order valence-electron chi connectivity index (χ0n) is 13.3. The number of Topliss-reactive ketones (excluding diaryl/α,β-unsaturated/α-hetero) is 1. The largest absolute Gasteiger partial charge is 0.378 e. The van der Waals surface area contributed by atoms with Crippen LogP contribution in [0.5, 0.6) is 0 Å². The Morgan fingerprint density at radius 2 is 2.04 bits per heavy atom. The van der Waals surface area contributed by atoms with E-state index in [0.29, 0.717) is 26.2 Å². The van der Waals surface area contributed by atoms with Crippen molar-refractivity contribution in [2.45, 2.75) is 12.5 Å². The van der Waals surface area contributed by atoms with Crippen LogP contribution in [0.2, 0.25) is 0 Å². The molecule has 1 fully saturated rings. The molecule has 2 heterocycles. The number of morpholine rings is 1. The lowest BCUT2D eigenvalue weighted by molar-refractivity contribution is -0.119. The Balaban J connectivity index is 1.58. The molecule has 0 bridgehead atoms. The number of hydrogen-bond donors (Lipinski definition) is 1. The molecule has 6 heteroatoms. The van der Waals surface area contributed by atoms with Gasteiger partial charge < -0.3 is 10.1 Å². The molecule has 0 unspecified atom stereocenters. The number of rotatable bonds is 6. The van der Waals surface area contributed by atoms with Crippen molar-refractivity contribution >= 4 is 28.7 Å². The van der Waals surface area contributed by atoms with Crippen LogP contribution in [0.15, 0.2) is 47.8 Å². The van der Waals surface area contributed by atoms with Crippen LogP contribution in [0.4, 0.5) is 5.69 Å². The first-order valence-electron chi connectivity index (χ1n) is 7.96. The van der Waals surface area contributed by atoms with Gasteiger partial charge in [0.2, 0.25) is 5.91 Å². The van der Waals surface area contributed by atoms with Crippen LogP contribution in [0.3, 0.4) is 0 Å². The summed E-state index contributed by atoms with van der Waals surface area (Å²) < 4.78 is 5.51. The predicted molar refractivity (Wildman–Crippen MR) is 94.5 cm³/mol. The first-order chi connectivity index (χ1) is 11.7. The predicted octanol–water partition coefficient (Wildman–Crippen LogP) is 2.66. The number of hydrogen-bond acceptors (Lipinski definition) is 5. The van der Waals surface area contributed by atoms with Crippen LogP contribution < -0.4 is 5.32 Å². The second kappa shape index (κ2) is 8.19. The van der Waals surface area contributed by atoms with E-state index in [-0.39, 0.29) is 24.3 Å². The second-order valence-electron chi connectivity index (χ2n) is 5.72. The lowest BCUT2D eigenvalue weighted by Gasteiger charge is -2.34. The fraction of sp³-hybridized carbons (Fsp3) is 0.333. The summed E-state index contributed by atoms with van der Waals surface area (Å²) in [6, 6.07) is 13.0. The highest BCUT2D eigenvalue weighted by Gasteiger charge is 2.27. The van der Waals surface area contributed by atoms with Crippen molar-refractivity contribution < 1.29 is 14.3 Å². The van der Waals surface area contributed by atoms with Gasteiger partial charge in [-0.2, -0.15) is 0 Å². The lowest BCUT2D eigenvalue weighted by Crippen LogP contribution is -2.49. The summed E-state index contributed by atoms with van der Waals surface area (Å²) in [5.74, 6) is 0.0330. The average Bonchev–Trinajstić information content (AvgIpc) is 3.12. The number of benzene rings is 1. The maximum Gasteiger partial charge on any atom is 0.238 e. The molecule has 24 heavy (non-hydrogen) atoms. The van der Waals surface area contributed by atoms with Crippen molar-refractivity contribution in [2.24, 2.45) is 0 Å². The molecule has 1 N–H and O–H groups in total. The van der Waals surface area contributed by atoms with Gasteiger partial charge in [0.15, 0.2) is 5.78 Å². The van der Waals surface area contributed by atoms with Gasteiger partial charge in [0, 0.05) is 24.7 Å². The van der Waals surface area contributed by atoms with E-state index < -0.39 is 0 Å². The Kier molecular flexibility index (Phi) is 5.74. The molecule has 126 valence electrons. The Morgan fingerprint density at radius 3 is 2.79 bits per heavy atom. The van der Waals surface area contributed by atoms with E-state index in [1.807, 2.05) is 52.7 Å². The number of carbonyl (C=O) groups excluding carboxylic acids is 2. The fourth-order valence-electron chi connectivity index (χ4n) is 2.74. The summed E-state index contributed by atoms with van der Waals surface area (Å²) in [4.78, 5) is 27.4. The highest BCUT2D eigenvalue weighted by molar-refractivity contribution is 7.12. The summed E-state index contributed by atoms with van der Waals surface area (Å²) in [7, 11) is 0. The third-order valence-electron chi connectivity index (χ3n) is 3.97. The Labute approximate surface area is 145 Å². The summed E-state index contributed by atoms with van der Waals surface area (Å²) >= 11 is 1.45. The number of nitrogens with one attached hydrogen (secondary N) is 1. The topological polar surface area (TPSA) is 58.6 Å². The van der Waals surface area contributed by atoms with Crippen molar-refractivity contribution in [3.8, 4) is 0 Å². The fourth-order valence-corrected chi connectivity index (χ4v) is 3.42. The minimum atomic E-state index is -0.0725. The molecule has 5 nitrogen and oxygen atoms in total. The summed E-state index contributed by atoms with van der Waals surface area (Å²) in [5, 5.41) is 4.78. The molecule has 2 aromatic rings. The molecule has 1 aromatic carbocycles. The van der Waals surface area contributed by atoms with E-state index in [2.05, 4.69) is 5.32 Å². The molecular formula is C18H20N2O3S. The molecule has 1 amide bonds. The highest BCUT2D eigenvalue weighted by atomic mass is 32.1. The number of thiophene rings is 1. The highest BCUT2D eigenvalue weighted by Crippen LogP contribution is 2.17. The van der Waals surface area contributed by atoms with Gasteiger partial charge in [0.1, 0.15) is 0 Å². The number of nitrogens with zero attached hydrogens (tertiary/aromatic N) is 1. The van der Waals surface area contributed by atoms with Gasteiger partial charge in [-0.25, -0.2) is 0 Å². The van der Waals surface area contributed by atoms with E-state index >= 15 is 0 Å². The van der Waals surface area contributed by atoms with E-state index in [1.54, 1.807) is 0 Å². The molecule has 1 aromatic heterocycles. The maximum absolute atomic E-state index is 12.3. The van der Waals surface area contributed by atoms with Crippen LogP contribution in [0.25, 0.3) is 0 Å². The van der Waals surface area contributed by atoms with Gasteiger partial charge in [-0.05, 0) is 23.6 Å². The molecule has 1 atom stereocenters. The van der Waals surface area contributed by atoms with Crippen molar-refractivity contribution in [2.75, 3.05) is 31.6 Å². The van der Waals surface area contributed by atoms with Crippen molar-refractivity contribution in [3.63, 3.8) is 0 Å². The summed E-state index contributed by atoms with van der Waals surface area (Å²) in [6.07, 6.45) is 0.374. The lowest BCUT2D eigenvalue weighted by atomic mass is 10.1. The molecule has 1 aliphatic heterocycles. The van der Waals surface area contributed by atoms with Gasteiger partial charge in [-0.3, -0.25) is 14.5 Å². The van der Waals surface area contributed by atoms with Crippen molar-refractivity contribution in [1.82, 2.24) is 4.90 Å². The third-order valence-corrected chi connectivity index (χ3v) is 4.88. The SMILES string of the molecule is O=C(CN1CCOC[C@H]1CC(=O)c1cccs1)Nc1ccccc1. The van der Waals surface area contributed by atoms with E-state index in [9.17, 15) is 9.59 Å². The monoisotopic (exact) mass is 344 g/mol. The average molecular weight is 344 g/mol. The summed E-state index contributed by atoms with van der Waals surface area (Å²) in [5.41, 5.74) is 0.780. The first kappa shape index (κ1) is 16.8. The first-order valence-corrected chi connectivity index (χ1v) is 8.84. The Bertz CT molecular complexity index is 673. The Morgan fingerprint density at radius 1 is 1.21 bits per heavy atom. The maximum atomic E-state index is 12.3. The van der Waals surface area contributed by atoms with Gasteiger partial charge in [0.25, 0.3) is 0 Å². The van der Waals surface area contributed by atoms with Crippen LogP contribution in [0, 0.1) is 0 Å². The van der Waals surface area contributed by atoms with E-state index in [1.165, 1.54) is 11.3 Å². The summed E-state index contributed by atoms with van der Waals surface area (Å²) in [6.45, 7) is 1.99. The smallest absolute Gasteiger partial charge is 0.238 e. The quantitative estimate of drug-likeness (QED) is 0.819. The van der Waals surface area contributed by atoms with Crippen LogP contribution in [-0.4, -0.2) is 48.9 Å². The molecule has 0 saturated carbocycles. The molecule has 1 aliphatic rings. The van der Waals surface area contributed by atoms with E-state index in [4.69, 9.17) is 4.74 Å². The molecule has 0 radical (unpaired) electrons. The molecule has 0 spiro atoms. The molecule has 3 rings (SSSR count). The number of ether oxygens (including phenoxy) is 1. The molecular weight excluding hydrogens is 324 g/mol. The number of para-hydroxylation sites is 1. The minimum Gasteiger partial charge on any atom is -0.378 e. The van der Waals surface area contributed by atoms with Crippen LogP contribution in [-0.2, 0) is 9.53 Å². The zero-order valence-corrected chi connectivity index (χ0v) is 14.1. The number of ketones is 1. The van der Waals surface area contributed by atoms with Gasteiger partial charge in [-0.15, -0.1) is 11.3 Å². The number of anilines is 1. The second-order valence-corrected chi connectivity index (χ2v) is 6.67. The Hall–Kier alpha value is -2.02. The van der Waals surface area contributed by atoms with Crippen LogP contribution >= 0.6 is 11.3 Å². The van der Waals surface area contributed by atoms with E-state index in [0.717, 1.165) is 10.6 Å². The van der Waals surface area contributed by atoms with Crippen molar-refractivity contribution in [1.29, 1.82) is 0 Å². The standard InChI is InChI=1S/C18H20N2O3S/c21-16(17-7-4-10-24-17)11-15-13-23-9-8-20(15)12-18(22)19-14-5-2-1-3-6-14/h1-7,10,15H,8-9,11-13H2,(H,19,22)/t15-/m1/s1. The minimum absolute atomic E-state index is 0.0603.